The van der Waals surface area contributed by atoms with Gasteiger partial charge in [-0.2, -0.15) is 0 Å². The topological polar surface area (TPSA) is 75.3 Å². The van der Waals surface area contributed by atoms with Crippen molar-refractivity contribution in [2.45, 2.75) is 40.0 Å². The van der Waals surface area contributed by atoms with E-state index in [4.69, 9.17) is 9.72 Å². The third kappa shape index (κ3) is 3.33. The lowest BCUT2D eigenvalue weighted by Crippen LogP contribution is -2.25. The van der Waals surface area contributed by atoms with Crippen molar-refractivity contribution in [2.75, 3.05) is 19.7 Å². The molecule has 1 aliphatic heterocycles. The third-order valence-corrected chi connectivity index (χ3v) is 5.69. The fourth-order valence-electron chi connectivity index (χ4n) is 3.35. The Balaban J connectivity index is 1.85. The molecule has 0 bridgehead atoms. The van der Waals surface area contributed by atoms with Crippen LogP contribution in [0.1, 0.15) is 52.8 Å². The molecular weight excluding hydrogens is 338 g/mol. The van der Waals surface area contributed by atoms with Crippen LogP contribution in [0.25, 0.3) is 11.4 Å². The highest BCUT2D eigenvalue weighted by atomic mass is 32.1. The predicted molar refractivity (Wildman–Crippen MR) is 96.9 cm³/mol. The van der Waals surface area contributed by atoms with Crippen molar-refractivity contribution < 1.29 is 14.3 Å². The Labute approximate surface area is 151 Å². The van der Waals surface area contributed by atoms with Gasteiger partial charge in [0.1, 0.15) is 0 Å². The Morgan fingerprint density at radius 3 is 2.84 bits per heavy atom. The van der Waals surface area contributed by atoms with E-state index < -0.39 is 0 Å². The Bertz CT molecular complexity index is 809. The van der Waals surface area contributed by atoms with Gasteiger partial charge in [0.15, 0.2) is 0 Å². The smallest absolute Gasteiger partial charge is 0.340 e. The molecule has 6 nitrogen and oxygen atoms in total. The summed E-state index contributed by atoms with van der Waals surface area (Å²) in [5, 5.41) is 3.06. The summed E-state index contributed by atoms with van der Waals surface area (Å²) in [6, 6.07) is 0. The number of nitrogens with zero attached hydrogens (tertiary/aromatic N) is 2. The van der Waals surface area contributed by atoms with E-state index in [1.807, 2.05) is 24.1 Å². The molecule has 2 aromatic heterocycles. The fraction of sp³-hybridized carbons (Fsp3) is 0.500. The van der Waals surface area contributed by atoms with Crippen LogP contribution in [0.5, 0.6) is 0 Å². The van der Waals surface area contributed by atoms with Gasteiger partial charge in [-0.25, -0.2) is 9.78 Å². The summed E-state index contributed by atoms with van der Waals surface area (Å²) in [7, 11) is 0. The number of H-pyrrole nitrogens is 1. The minimum absolute atomic E-state index is 0.120. The van der Waals surface area contributed by atoms with Gasteiger partial charge < -0.3 is 14.6 Å². The molecule has 3 rings (SSSR count). The molecule has 1 unspecified atom stereocenters. The molecule has 0 aromatic carbocycles. The van der Waals surface area contributed by atoms with Crippen molar-refractivity contribution in [2.24, 2.45) is 0 Å². The average Bonchev–Trinajstić information content (AvgIpc) is 3.25. The summed E-state index contributed by atoms with van der Waals surface area (Å²) in [6.45, 7) is 9.08. The van der Waals surface area contributed by atoms with Gasteiger partial charge in [-0.15, -0.1) is 11.3 Å². The van der Waals surface area contributed by atoms with Crippen LogP contribution >= 0.6 is 11.3 Å². The molecule has 3 heterocycles. The van der Waals surface area contributed by atoms with Crippen LogP contribution in [0.4, 0.5) is 0 Å². The second-order valence-electron chi connectivity index (χ2n) is 6.37. The zero-order valence-corrected chi connectivity index (χ0v) is 15.8. The molecule has 0 aliphatic carbocycles. The van der Waals surface area contributed by atoms with Crippen LogP contribution in [0.2, 0.25) is 0 Å². The molecule has 0 saturated carbocycles. The fourth-order valence-corrected chi connectivity index (χ4v) is 4.29. The van der Waals surface area contributed by atoms with E-state index in [2.05, 4.69) is 4.98 Å². The summed E-state index contributed by atoms with van der Waals surface area (Å²) in [5.74, 6) is 0.112. The molecule has 25 heavy (non-hydrogen) atoms. The highest BCUT2D eigenvalue weighted by Crippen LogP contribution is 2.34. The molecule has 7 heteroatoms. The number of aromatic nitrogens is 2. The minimum Gasteiger partial charge on any atom is -0.462 e. The van der Waals surface area contributed by atoms with Gasteiger partial charge >= 0.3 is 5.97 Å². The molecule has 0 radical (unpaired) electrons. The highest BCUT2D eigenvalue weighted by molar-refractivity contribution is 7.10. The summed E-state index contributed by atoms with van der Waals surface area (Å²) in [5.41, 5.74) is 3.96. The monoisotopic (exact) mass is 361 g/mol. The van der Waals surface area contributed by atoms with E-state index in [9.17, 15) is 9.59 Å². The number of hydrogen-bond acceptors (Lipinski definition) is 5. The number of nitrogens with one attached hydrogen (secondary N) is 1. The lowest BCUT2D eigenvalue weighted by molar-refractivity contribution is -0.127. The Kier molecular flexibility index (Phi) is 4.94. The summed E-state index contributed by atoms with van der Waals surface area (Å²) in [4.78, 5) is 33.6. The standard InChI is InChI=1S/C18H23N3O3S/c1-5-24-18(23)15-10(2)16(19-11(15)3)14-9-25-17(20-14)13-6-7-21(8-13)12(4)22/h9,13,19H,5-8H2,1-4H3. The summed E-state index contributed by atoms with van der Waals surface area (Å²) in [6.07, 6.45) is 0.948. The lowest BCUT2D eigenvalue weighted by atomic mass is 10.1. The summed E-state index contributed by atoms with van der Waals surface area (Å²) < 4.78 is 5.15. The van der Waals surface area contributed by atoms with Crippen molar-refractivity contribution in [3.8, 4) is 11.4 Å². The first-order valence-corrected chi connectivity index (χ1v) is 9.37. The van der Waals surface area contributed by atoms with Crippen LogP contribution in [-0.2, 0) is 9.53 Å². The van der Waals surface area contributed by atoms with E-state index in [0.717, 1.165) is 47.2 Å². The maximum Gasteiger partial charge on any atom is 0.340 e. The number of esters is 1. The van der Waals surface area contributed by atoms with Gasteiger partial charge in [0.2, 0.25) is 5.91 Å². The van der Waals surface area contributed by atoms with Crippen LogP contribution in [0.15, 0.2) is 5.38 Å². The van der Waals surface area contributed by atoms with E-state index in [0.29, 0.717) is 18.1 Å². The number of amides is 1. The summed E-state index contributed by atoms with van der Waals surface area (Å²) >= 11 is 1.61. The second-order valence-corrected chi connectivity index (χ2v) is 7.26. The molecule has 1 aliphatic rings. The second kappa shape index (κ2) is 7.00. The zero-order valence-electron chi connectivity index (χ0n) is 15.0. The first-order valence-electron chi connectivity index (χ1n) is 8.50. The van der Waals surface area contributed by atoms with Crippen LogP contribution in [0.3, 0.4) is 0 Å². The molecule has 2 aromatic rings. The number of aromatic amines is 1. The van der Waals surface area contributed by atoms with E-state index in [-0.39, 0.29) is 11.9 Å². The van der Waals surface area contributed by atoms with Crippen LogP contribution in [0, 0.1) is 13.8 Å². The lowest BCUT2D eigenvalue weighted by Gasteiger charge is -2.12. The predicted octanol–water partition coefficient (Wildman–Crippen LogP) is 3.27. The number of rotatable bonds is 4. The molecule has 0 spiro atoms. The van der Waals surface area contributed by atoms with Gasteiger partial charge in [-0.3, -0.25) is 4.79 Å². The van der Waals surface area contributed by atoms with Crippen molar-refractivity contribution in [3.05, 3.63) is 27.2 Å². The van der Waals surface area contributed by atoms with E-state index >= 15 is 0 Å². The first kappa shape index (κ1) is 17.7. The van der Waals surface area contributed by atoms with Gasteiger partial charge in [0.25, 0.3) is 0 Å². The van der Waals surface area contributed by atoms with Gasteiger partial charge in [0.05, 0.1) is 28.6 Å². The van der Waals surface area contributed by atoms with Crippen LogP contribution in [-0.4, -0.2) is 46.4 Å². The normalized spacial score (nSPS) is 17.1. The van der Waals surface area contributed by atoms with Crippen molar-refractivity contribution in [1.82, 2.24) is 14.9 Å². The van der Waals surface area contributed by atoms with Gasteiger partial charge in [-0.1, -0.05) is 0 Å². The quantitative estimate of drug-likeness (QED) is 0.848. The zero-order chi connectivity index (χ0) is 18.1. The van der Waals surface area contributed by atoms with Crippen LogP contribution < -0.4 is 0 Å². The van der Waals surface area contributed by atoms with Crippen molar-refractivity contribution in [3.63, 3.8) is 0 Å². The average molecular weight is 361 g/mol. The third-order valence-electron chi connectivity index (χ3n) is 4.68. The molecule has 1 atom stereocenters. The molecule has 1 N–H and O–H groups in total. The molecule has 134 valence electrons. The number of carbonyl (C=O) groups is 2. The number of carbonyl (C=O) groups excluding carboxylic acids is 2. The molecular formula is C18H23N3O3S. The SMILES string of the molecule is CCOC(=O)c1c(C)[nH]c(-c2csc(C3CCN(C(C)=O)C3)n2)c1C. The number of likely N-dealkylation sites (tertiary alicyclic amines) is 1. The Hall–Kier alpha value is -2.15. The highest BCUT2D eigenvalue weighted by Gasteiger charge is 2.28. The van der Waals surface area contributed by atoms with E-state index in [1.165, 1.54) is 0 Å². The van der Waals surface area contributed by atoms with Gasteiger partial charge in [-0.05, 0) is 32.8 Å². The first-order chi connectivity index (χ1) is 11.9. The molecule has 1 amide bonds. The molecule has 1 saturated heterocycles. The van der Waals surface area contributed by atoms with E-state index in [1.54, 1.807) is 25.2 Å². The number of ether oxygens (including phenoxy) is 1. The Morgan fingerprint density at radius 1 is 1.44 bits per heavy atom. The number of thiazole rings is 1. The van der Waals surface area contributed by atoms with Crippen molar-refractivity contribution >= 4 is 23.2 Å². The minimum atomic E-state index is -0.302. The Morgan fingerprint density at radius 2 is 2.20 bits per heavy atom. The van der Waals surface area contributed by atoms with Crippen molar-refractivity contribution in [1.29, 1.82) is 0 Å². The number of aryl methyl sites for hydroxylation is 1. The van der Waals surface area contributed by atoms with Gasteiger partial charge in [0, 0.05) is 37.0 Å². The number of hydrogen-bond donors (Lipinski definition) is 1. The molecule has 1 fully saturated rings. The largest absolute Gasteiger partial charge is 0.462 e. The maximum atomic E-state index is 12.1. The maximum absolute atomic E-state index is 12.1.